The molecule has 2 heterocycles. The summed E-state index contributed by atoms with van der Waals surface area (Å²) in [4.78, 5) is 12.4. The minimum atomic E-state index is -0.283. The summed E-state index contributed by atoms with van der Waals surface area (Å²) < 4.78 is 1.38. The first kappa shape index (κ1) is 17.0. The second-order valence-corrected chi connectivity index (χ2v) is 6.61. The van der Waals surface area contributed by atoms with Crippen LogP contribution in [0.15, 0.2) is 41.3 Å². The maximum atomic E-state index is 12.4. The van der Waals surface area contributed by atoms with E-state index in [1.165, 1.54) is 4.68 Å². The molecule has 7 heteroatoms. The Morgan fingerprint density at radius 2 is 1.88 bits per heavy atom. The highest BCUT2D eigenvalue weighted by Crippen LogP contribution is 2.19. The summed E-state index contributed by atoms with van der Waals surface area (Å²) in [5.41, 5.74) is 7.73. The van der Waals surface area contributed by atoms with E-state index in [2.05, 4.69) is 35.1 Å². The average Bonchev–Trinajstić information content (AvgIpc) is 2.91. The molecule has 1 aromatic heterocycles. The number of halogens is 1. The van der Waals surface area contributed by atoms with Crippen molar-refractivity contribution in [3.63, 3.8) is 0 Å². The molecular weight excluding hydrogens is 326 g/mol. The third kappa shape index (κ3) is 3.61. The summed E-state index contributed by atoms with van der Waals surface area (Å²) in [6, 6.07) is 10.4. The largest absolute Gasteiger partial charge is 0.382 e. The molecule has 0 spiro atoms. The van der Waals surface area contributed by atoms with Crippen molar-refractivity contribution in [2.75, 3.05) is 11.9 Å². The van der Waals surface area contributed by atoms with Crippen LogP contribution in [0.4, 0.5) is 5.69 Å². The van der Waals surface area contributed by atoms with Crippen LogP contribution in [-0.2, 0) is 6.54 Å². The summed E-state index contributed by atoms with van der Waals surface area (Å²) in [6.07, 6.45) is 1.62. The molecule has 1 saturated heterocycles. The van der Waals surface area contributed by atoms with E-state index in [-0.39, 0.29) is 10.6 Å². The van der Waals surface area contributed by atoms with Gasteiger partial charge in [0.05, 0.1) is 18.4 Å². The fraction of sp³-hybridized carbons (Fsp3) is 0.412. The molecule has 24 heavy (non-hydrogen) atoms. The Balaban J connectivity index is 1.72. The van der Waals surface area contributed by atoms with Crippen LogP contribution < -0.4 is 21.7 Å². The van der Waals surface area contributed by atoms with Crippen molar-refractivity contribution < 1.29 is 0 Å². The zero-order valence-electron chi connectivity index (χ0n) is 13.8. The van der Waals surface area contributed by atoms with E-state index in [1.807, 2.05) is 30.3 Å². The van der Waals surface area contributed by atoms with E-state index >= 15 is 0 Å². The lowest BCUT2D eigenvalue weighted by Gasteiger charge is -2.19. The third-order valence-electron chi connectivity index (χ3n) is 4.51. The van der Waals surface area contributed by atoms with Gasteiger partial charge in [0.25, 0.3) is 5.56 Å². The number of benzene rings is 1. The van der Waals surface area contributed by atoms with Gasteiger partial charge in [-0.25, -0.2) is 4.68 Å². The topological polar surface area (TPSA) is 71.0 Å². The molecule has 0 amide bonds. The maximum Gasteiger partial charge on any atom is 0.287 e. The number of hydrazine groups is 1. The second-order valence-electron chi connectivity index (χ2n) is 6.23. The molecule has 3 N–H and O–H groups in total. The Labute approximate surface area is 146 Å². The van der Waals surface area contributed by atoms with Crippen LogP contribution in [0.25, 0.3) is 0 Å². The van der Waals surface area contributed by atoms with Crippen molar-refractivity contribution in [3.05, 3.63) is 57.5 Å². The number of rotatable bonds is 5. The normalized spacial score (nSPS) is 23.4. The predicted octanol–water partition coefficient (Wildman–Crippen LogP) is 1.86. The molecule has 1 aromatic carbocycles. The van der Waals surface area contributed by atoms with Gasteiger partial charge in [-0.05, 0) is 19.4 Å². The van der Waals surface area contributed by atoms with Crippen molar-refractivity contribution >= 4 is 17.3 Å². The number of aromatic nitrogens is 2. The molecule has 3 rings (SSSR count). The van der Waals surface area contributed by atoms with Crippen molar-refractivity contribution in [2.24, 2.45) is 5.92 Å². The van der Waals surface area contributed by atoms with Gasteiger partial charge in [-0.2, -0.15) is 5.10 Å². The van der Waals surface area contributed by atoms with Crippen LogP contribution in [0.2, 0.25) is 5.02 Å². The van der Waals surface area contributed by atoms with Crippen LogP contribution in [0.1, 0.15) is 19.4 Å². The first-order valence-electron chi connectivity index (χ1n) is 8.10. The molecule has 2 aromatic rings. The highest BCUT2D eigenvalue weighted by Gasteiger charge is 2.29. The van der Waals surface area contributed by atoms with E-state index in [9.17, 15) is 4.79 Å². The fourth-order valence-electron chi connectivity index (χ4n) is 2.95. The quantitative estimate of drug-likeness (QED) is 0.770. The highest BCUT2D eigenvalue weighted by molar-refractivity contribution is 6.32. The Kier molecular flexibility index (Phi) is 5.18. The van der Waals surface area contributed by atoms with Crippen LogP contribution in [0.5, 0.6) is 0 Å². The van der Waals surface area contributed by atoms with Gasteiger partial charge in [0, 0.05) is 24.5 Å². The van der Waals surface area contributed by atoms with E-state index in [0.717, 1.165) is 5.56 Å². The summed E-state index contributed by atoms with van der Waals surface area (Å²) >= 11 is 6.26. The molecule has 1 aliphatic rings. The Morgan fingerprint density at radius 3 is 2.54 bits per heavy atom. The summed E-state index contributed by atoms with van der Waals surface area (Å²) in [6.45, 7) is 5.37. The van der Waals surface area contributed by atoms with Crippen molar-refractivity contribution in [1.29, 1.82) is 0 Å². The standard InChI is InChI=1S/C17H22ClN5O/c1-11-14(12(2)22-21-11)8-19-15-9-20-23(17(24)16(15)18)10-13-6-4-3-5-7-13/h3-7,9,11-12,14,19,21-22H,8,10H2,1-2H3. The molecule has 0 saturated carbocycles. The van der Waals surface area contributed by atoms with Gasteiger partial charge in [-0.1, -0.05) is 41.9 Å². The van der Waals surface area contributed by atoms with Crippen molar-refractivity contribution in [3.8, 4) is 0 Å². The van der Waals surface area contributed by atoms with Crippen LogP contribution >= 0.6 is 11.6 Å². The maximum absolute atomic E-state index is 12.4. The van der Waals surface area contributed by atoms with E-state index in [4.69, 9.17) is 11.6 Å². The fourth-order valence-corrected chi connectivity index (χ4v) is 3.16. The van der Waals surface area contributed by atoms with Gasteiger partial charge < -0.3 is 5.32 Å². The first-order valence-corrected chi connectivity index (χ1v) is 8.48. The average molecular weight is 348 g/mol. The Bertz CT molecular complexity index is 738. The summed E-state index contributed by atoms with van der Waals surface area (Å²) in [5, 5.41) is 7.68. The number of hydrogen-bond acceptors (Lipinski definition) is 5. The Hall–Kier alpha value is -1.89. The minimum Gasteiger partial charge on any atom is -0.382 e. The molecule has 0 radical (unpaired) electrons. The molecule has 6 nitrogen and oxygen atoms in total. The third-order valence-corrected chi connectivity index (χ3v) is 4.88. The van der Waals surface area contributed by atoms with Gasteiger partial charge in [0.15, 0.2) is 0 Å². The van der Waals surface area contributed by atoms with Gasteiger partial charge in [0.1, 0.15) is 5.02 Å². The van der Waals surface area contributed by atoms with Gasteiger partial charge >= 0.3 is 0 Å². The minimum absolute atomic E-state index is 0.181. The van der Waals surface area contributed by atoms with Crippen molar-refractivity contribution in [2.45, 2.75) is 32.5 Å². The van der Waals surface area contributed by atoms with E-state index in [1.54, 1.807) is 6.20 Å². The lowest BCUT2D eigenvalue weighted by Crippen LogP contribution is -2.31. The number of anilines is 1. The lowest BCUT2D eigenvalue weighted by atomic mass is 9.97. The van der Waals surface area contributed by atoms with Gasteiger partial charge in [0.2, 0.25) is 0 Å². The summed E-state index contributed by atoms with van der Waals surface area (Å²) in [7, 11) is 0. The zero-order chi connectivity index (χ0) is 17.1. The molecular formula is C17H22ClN5O. The smallest absolute Gasteiger partial charge is 0.287 e. The second kappa shape index (κ2) is 7.34. The predicted molar refractivity (Wildman–Crippen MR) is 96.2 cm³/mol. The van der Waals surface area contributed by atoms with Crippen LogP contribution in [0.3, 0.4) is 0 Å². The number of hydrogen-bond donors (Lipinski definition) is 3. The molecule has 128 valence electrons. The molecule has 2 atom stereocenters. The number of nitrogens with one attached hydrogen (secondary N) is 3. The van der Waals surface area contributed by atoms with Gasteiger partial charge in [-0.15, -0.1) is 0 Å². The molecule has 0 aliphatic carbocycles. The SMILES string of the molecule is CC1NNC(C)C1CNc1cnn(Cc2ccccc2)c(=O)c1Cl. The molecule has 0 bridgehead atoms. The van der Waals surface area contributed by atoms with Crippen molar-refractivity contribution in [1.82, 2.24) is 20.6 Å². The molecule has 1 aliphatic heterocycles. The van der Waals surface area contributed by atoms with Crippen LogP contribution in [0, 0.1) is 5.92 Å². The molecule has 1 fully saturated rings. The monoisotopic (exact) mass is 347 g/mol. The van der Waals surface area contributed by atoms with E-state index < -0.39 is 0 Å². The Morgan fingerprint density at radius 1 is 1.21 bits per heavy atom. The van der Waals surface area contributed by atoms with Crippen LogP contribution in [-0.4, -0.2) is 28.4 Å². The lowest BCUT2D eigenvalue weighted by molar-refractivity contribution is 0.466. The van der Waals surface area contributed by atoms with E-state index in [0.29, 0.717) is 36.8 Å². The molecule has 2 unspecified atom stereocenters. The zero-order valence-corrected chi connectivity index (χ0v) is 14.5. The first-order chi connectivity index (χ1) is 11.6. The number of nitrogens with zero attached hydrogens (tertiary/aromatic N) is 2. The van der Waals surface area contributed by atoms with Gasteiger partial charge in [-0.3, -0.25) is 15.6 Å². The highest BCUT2D eigenvalue weighted by atomic mass is 35.5. The summed E-state index contributed by atoms with van der Waals surface area (Å²) in [5.74, 6) is 0.396.